The van der Waals surface area contributed by atoms with Crippen molar-refractivity contribution < 1.29 is 5.11 Å². The lowest BCUT2D eigenvalue weighted by molar-refractivity contribution is 0.152. The van der Waals surface area contributed by atoms with Gasteiger partial charge in [-0.05, 0) is 32.1 Å². The van der Waals surface area contributed by atoms with E-state index in [1.807, 2.05) is 0 Å². The summed E-state index contributed by atoms with van der Waals surface area (Å²) >= 11 is 0. The molecular formula is C8H14O. The molecule has 1 atom stereocenters. The van der Waals surface area contributed by atoms with E-state index >= 15 is 0 Å². The van der Waals surface area contributed by atoms with Crippen LogP contribution in [0.25, 0.3) is 0 Å². The maximum atomic E-state index is 9.18. The van der Waals surface area contributed by atoms with E-state index in [-0.39, 0.29) is 6.10 Å². The molecule has 1 N–H and O–H groups in total. The van der Waals surface area contributed by atoms with E-state index in [0.29, 0.717) is 0 Å². The van der Waals surface area contributed by atoms with E-state index in [2.05, 4.69) is 12.2 Å². The van der Waals surface area contributed by atoms with Crippen molar-refractivity contribution in [2.45, 2.75) is 38.2 Å². The van der Waals surface area contributed by atoms with Crippen molar-refractivity contribution in [1.29, 1.82) is 0 Å². The van der Waals surface area contributed by atoms with Crippen LogP contribution in [-0.2, 0) is 0 Å². The molecule has 0 heterocycles. The topological polar surface area (TPSA) is 20.2 Å². The molecular weight excluding hydrogens is 112 g/mol. The first kappa shape index (κ1) is 6.81. The van der Waals surface area contributed by atoms with E-state index < -0.39 is 0 Å². The Bertz CT molecular complexity index is 96.7. The number of allylic oxidation sites excluding steroid dienone is 2. The van der Waals surface area contributed by atoms with Gasteiger partial charge >= 0.3 is 0 Å². The van der Waals surface area contributed by atoms with E-state index in [4.69, 9.17) is 0 Å². The van der Waals surface area contributed by atoms with Gasteiger partial charge in [-0.15, -0.1) is 0 Å². The number of aliphatic hydroxyl groups is 1. The average Bonchev–Trinajstić information content (AvgIpc) is 1.79. The average molecular weight is 126 g/mol. The standard InChI is InChI=1S/C8H14O/c9-8-6-4-2-1-3-5-7-8/h1-2,8-9H,3-7H2/t8-/m0/s1. The van der Waals surface area contributed by atoms with Crippen molar-refractivity contribution in [3.05, 3.63) is 12.2 Å². The van der Waals surface area contributed by atoms with Gasteiger partial charge < -0.3 is 5.11 Å². The van der Waals surface area contributed by atoms with Gasteiger partial charge in [0.05, 0.1) is 6.10 Å². The summed E-state index contributed by atoms with van der Waals surface area (Å²) in [7, 11) is 0. The molecule has 52 valence electrons. The van der Waals surface area contributed by atoms with Crippen LogP contribution in [0.2, 0.25) is 0 Å². The molecule has 0 radical (unpaired) electrons. The fourth-order valence-electron chi connectivity index (χ4n) is 1.14. The third kappa shape index (κ3) is 2.66. The van der Waals surface area contributed by atoms with Crippen LogP contribution in [0.5, 0.6) is 0 Å². The normalized spacial score (nSPS) is 29.2. The first-order valence-electron chi connectivity index (χ1n) is 3.72. The SMILES string of the molecule is O[C@H]1CCC=CCCC1. The molecule has 0 saturated heterocycles. The molecule has 0 spiro atoms. The first-order chi connectivity index (χ1) is 4.39. The molecule has 1 aliphatic rings. The lowest BCUT2D eigenvalue weighted by Crippen LogP contribution is -2.06. The number of aliphatic hydroxyl groups excluding tert-OH is 1. The molecule has 1 heteroatoms. The highest BCUT2D eigenvalue weighted by molar-refractivity contribution is 4.84. The van der Waals surface area contributed by atoms with Crippen LogP contribution < -0.4 is 0 Å². The summed E-state index contributed by atoms with van der Waals surface area (Å²) in [6, 6.07) is 0. The van der Waals surface area contributed by atoms with Gasteiger partial charge in [0.25, 0.3) is 0 Å². The fraction of sp³-hybridized carbons (Fsp3) is 0.750. The number of hydrogen-bond donors (Lipinski definition) is 1. The van der Waals surface area contributed by atoms with E-state index in [1.54, 1.807) is 0 Å². The van der Waals surface area contributed by atoms with Crippen molar-refractivity contribution in [2.75, 3.05) is 0 Å². The van der Waals surface area contributed by atoms with E-state index in [1.165, 1.54) is 0 Å². The Kier molecular flexibility index (Phi) is 2.78. The summed E-state index contributed by atoms with van der Waals surface area (Å²) < 4.78 is 0. The lowest BCUT2D eigenvalue weighted by Gasteiger charge is -2.09. The molecule has 0 aliphatic heterocycles. The van der Waals surface area contributed by atoms with Gasteiger partial charge in [-0.3, -0.25) is 0 Å². The van der Waals surface area contributed by atoms with Gasteiger partial charge in [0, 0.05) is 0 Å². The largest absolute Gasteiger partial charge is 0.393 e. The zero-order valence-corrected chi connectivity index (χ0v) is 5.71. The van der Waals surface area contributed by atoms with Gasteiger partial charge in [0.2, 0.25) is 0 Å². The molecule has 0 saturated carbocycles. The first-order valence-corrected chi connectivity index (χ1v) is 3.72. The predicted molar refractivity (Wildman–Crippen MR) is 38.2 cm³/mol. The van der Waals surface area contributed by atoms with Crippen LogP contribution in [0, 0.1) is 0 Å². The third-order valence-corrected chi connectivity index (χ3v) is 1.74. The Morgan fingerprint density at radius 2 is 1.89 bits per heavy atom. The summed E-state index contributed by atoms with van der Waals surface area (Å²) in [5.41, 5.74) is 0. The minimum absolute atomic E-state index is 0.0325. The van der Waals surface area contributed by atoms with Crippen LogP contribution >= 0.6 is 0 Å². The molecule has 1 nitrogen and oxygen atoms in total. The highest BCUT2D eigenvalue weighted by atomic mass is 16.3. The molecule has 0 fully saturated rings. The molecule has 0 aromatic heterocycles. The zero-order valence-electron chi connectivity index (χ0n) is 5.71. The summed E-state index contributed by atoms with van der Waals surface area (Å²) in [6.07, 6.45) is 9.65. The van der Waals surface area contributed by atoms with Crippen molar-refractivity contribution in [2.24, 2.45) is 0 Å². The summed E-state index contributed by atoms with van der Waals surface area (Å²) in [5, 5.41) is 9.18. The lowest BCUT2D eigenvalue weighted by atomic mass is 10.0. The maximum absolute atomic E-state index is 9.18. The van der Waals surface area contributed by atoms with Crippen LogP contribution in [0.4, 0.5) is 0 Å². The van der Waals surface area contributed by atoms with E-state index in [0.717, 1.165) is 32.1 Å². The molecule has 0 aromatic carbocycles. The second kappa shape index (κ2) is 3.67. The summed E-state index contributed by atoms with van der Waals surface area (Å²) in [6.45, 7) is 0. The van der Waals surface area contributed by atoms with Crippen molar-refractivity contribution >= 4 is 0 Å². The Hall–Kier alpha value is -0.300. The van der Waals surface area contributed by atoms with Gasteiger partial charge in [-0.25, -0.2) is 0 Å². The second-order valence-corrected chi connectivity index (χ2v) is 2.63. The van der Waals surface area contributed by atoms with Crippen molar-refractivity contribution in [3.63, 3.8) is 0 Å². The minimum Gasteiger partial charge on any atom is -0.393 e. The fourth-order valence-corrected chi connectivity index (χ4v) is 1.14. The van der Waals surface area contributed by atoms with Crippen molar-refractivity contribution in [3.8, 4) is 0 Å². The highest BCUT2D eigenvalue weighted by Crippen LogP contribution is 2.11. The Balaban J connectivity index is 2.27. The Morgan fingerprint density at radius 1 is 1.11 bits per heavy atom. The molecule has 9 heavy (non-hydrogen) atoms. The van der Waals surface area contributed by atoms with Crippen LogP contribution in [0.15, 0.2) is 12.2 Å². The highest BCUT2D eigenvalue weighted by Gasteiger charge is 2.02. The molecule has 1 aliphatic carbocycles. The van der Waals surface area contributed by atoms with Gasteiger partial charge in [0.15, 0.2) is 0 Å². The van der Waals surface area contributed by atoms with Crippen molar-refractivity contribution in [1.82, 2.24) is 0 Å². The van der Waals surface area contributed by atoms with Crippen LogP contribution in [0.1, 0.15) is 32.1 Å². The van der Waals surface area contributed by atoms with Crippen LogP contribution in [0.3, 0.4) is 0 Å². The van der Waals surface area contributed by atoms with Gasteiger partial charge in [-0.1, -0.05) is 12.2 Å². The second-order valence-electron chi connectivity index (χ2n) is 2.63. The van der Waals surface area contributed by atoms with E-state index in [9.17, 15) is 5.11 Å². The smallest absolute Gasteiger partial charge is 0.0543 e. The van der Waals surface area contributed by atoms with Gasteiger partial charge in [-0.2, -0.15) is 0 Å². The van der Waals surface area contributed by atoms with Gasteiger partial charge in [0.1, 0.15) is 0 Å². The predicted octanol–water partition coefficient (Wildman–Crippen LogP) is 1.87. The molecule has 0 unspecified atom stereocenters. The quantitative estimate of drug-likeness (QED) is 0.491. The zero-order chi connectivity index (χ0) is 6.53. The molecule has 0 aromatic rings. The Morgan fingerprint density at radius 3 is 2.78 bits per heavy atom. The third-order valence-electron chi connectivity index (χ3n) is 1.74. The monoisotopic (exact) mass is 126 g/mol. The minimum atomic E-state index is -0.0325. The molecule has 0 amide bonds. The summed E-state index contributed by atoms with van der Waals surface area (Å²) in [4.78, 5) is 0. The summed E-state index contributed by atoms with van der Waals surface area (Å²) in [5.74, 6) is 0. The Labute approximate surface area is 56.4 Å². The number of hydrogen-bond acceptors (Lipinski definition) is 1. The maximum Gasteiger partial charge on any atom is 0.0543 e. The van der Waals surface area contributed by atoms with Crippen LogP contribution in [-0.4, -0.2) is 11.2 Å². The number of rotatable bonds is 0. The molecule has 1 rings (SSSR count). The molecule has 0 bridgehead atoms.